The van der Waals surface area contributed by atoms with Gasteiger partial charge in [0, 0.05) is 49.9 Å². The summed E-state index contributed by atoms with van der Waals surface area (Å²) in [7, 11) is 0. The van der Waals surface area contributed by atoms with Crippen LogP contribution in [0.15, 0.2) is 51.9 Å². The molecule has 0 aliphatic heterocycles. The molecule has 1 heterocycles. The molecule has 0 aliphatic rings. The number of benzene rings is 2. The van der Waals surface area contributed by atoms with Crippen LogP contribution in [0.4, 0.5) is 0 Å². The summed E-state index contributed by atoms with van der Waals surface area (Å²) < 4.78 is 5.29. The van der Waals surface area contributed by atoms with E-state index in [9.17, 15) is 20.1 Å². The predicted octanol–water partition coefficient (Wildman–Crippen LogP) is 2.20. The zero-order valence-corrected chi connectivity index (χ0v) is 13.1. The van der Waals surface area contributed by atoms with Gasteiger partial charge in [-0.3, -0.25) is 4.79 Å². The van der Waals surface area contributed by atoms with Crippen molar-refractivity contribution in [2.24, 2.45) is 0 Å². The van der Waals surface area contributed by atoms with Crippen molar-refractivity contribution in [3.63, 3.8) is 0 Å². The van der Waals surface area contributed by atoms with Crippen LogP contribution in [0.1, 0.15) is 0 Å². The number of rotatable bonds is 1. The Morgan fingerprint density at radius 2 is 1.57 bits per heavy atom. The van der Waals surface area contributed by atoms with Crippen LogP contribution in [-0.2, 0) is 0 Å². The van der Waals surface area contributed by atoms with Gasteiger partial charge in [-0.2, -0.15) is 0 Å². The number of fused-ring (bicyclic) bond motifs is 1. The molecule has 2 aromatic carbocycles. The maximum Gasteiger partial charge on any atom is 0.204 e. The van der Waals surface area contributed by atoms with Crippen molar-refractivity contribution in [2.45, 2.75) is 0 Å². The molecule has 0 aliphatic carbocycles. The second-order valence-electron chi connectivity index (χ2n) is 4.36. The molecule has 0 saturated heterocycles. The van der Waals surface area contributed by atoms with Crippen LogP contribution in [-0.4, -0.2) is 53.1 Å². The SMILES string of the molecule is O=c1c(-c2ccc(O)cc2)coc2cc(O)cc(O)c12.[Ca]. The van der Waals surface area contributed by atoms with E-state index in [0.717, 1.165) is 6.07 Å². The Balaban J connectivity index is 0.00000161. The third-order valence-electron chi connectivity index (χ3n) is 3.02. The molecule has 21 heavy (non-hydrogen) atoms. The van der Waals surface area contributed by atoms with Gasteiger partial charge in [0.25, 0.3) is 0 Å². The van der Waals surface area contributed by atoms with E-state index in [0.29, 0.717) is 5.56 Å². The van der Waals surface area contributed by atoms with E-state index >= 15 is 0 Å². The molecule has 3 aromatic rings. The van der Waals surface area contributed by atoms with Crippen molar-refractivity contribution in [2.75, 3.05) is 0 Å². The van der Waals surface area contributed by atoms with Crippen LogP contribution < -0.4 is 5.43 Å². The smallest absolute Gasteiger partial charge is 0.204 e. The third kappa shape index (κ3) is 2.85. The molecule has 5 nitrogen and oxygen atoms in total. The van der Waals surface area contributed by atoms with E-state index in [1.54, 1.807) is 12.1 Å². The molecular weight excluding hydrogens is 300 g/mol. The first-order valence-corrected chi connectivity index (χ1v) is 5.83. The van der Waals surface area contributed by atoms with Crippen molar-refractivity contribution >= 4 is 48.7 Å². The number of hydrogen-bond donors (Lipinski definition) is 3. The molecule has 3 N–H and O–H groups in total. The average Bonchev–Trinajstić information content (AvgIpc) is 2.39. The van der Waals surface area contributed by atoms with Crippen molar-refractivity contribution in [1.82, 2.24) is 0 Å². The Morgan fingerprint density at radius 1 is 0.905 bits per heavy atom. The molecule has 0 bridgehead atoms. The van der Waals surface area contributed by atoms with Crippen LogP contribution in [0.2, 0.25) is 0 Å². The van der Waals surface area contributed by atoms with Crippen LogP contribution >= 0.6 is 0 Å². The fraction of sp³-hybridized carbons (Fsp3) is 0. The van der Waals surface area contributed by atoms with Gasteiger partial charge < -0.3 is 19.7 Å². The van der Waals surface area contributed by atoms with Crippen LogP contribution in [0.25, 0.3) is 22.1 Å². The van der Waals surface area contributed by atoms with Gasteiger partial charge in [0.2, 0.25) is 5.43 Å². The zero-order valence-electron chi connectivity index (χ0n) is 10.9. The predicted molar refractivity (Wildman–Crippen MR) is 78.7 cm³/mol. The summed E-state index contributed by atoms with van der Waals surface area (Å²) in [5, 5.41) is 28.4. The molecule has 0 unspecified atom stereocenters. The summed E-state index contributed by atoms with van der Waals surface area (Å²) in [4.78, 5) is 12.4. The average molecular weight is 310 g/mol. The van der Waals surface area contributed by atoms with Gasteiger partial charge in [-0.1, -0.05) is 12.1 Å². The molecule has 6 heteroatoms. The summed E-state index contributed by atoms with van der Waals surface area (Å²) >= 11 is 0. The Hall–Kier alpha value is -1.69. The maximum absolute atomic E-state index is 12.4. The van der Waals surface area contributed by atoms with E-state index in [1.807, 2.05) is 0 Å². The molecule has 1 aromatic heterocycles. The van der Waals surface area contributed by atoms with Crippen LogP contribution in [0.3, 0.4) is 0 Å². The first kappa shape index (κ1) is 15.7. The van der Waals surface area contributed by atoms with Gasteiger partial charge >= 0.3 is 0 Å². The summed E-state index contributed by atoms with van der Waals surface area (Å²) in [5.74, 6) is -0.434. The third-order valence-corrected chi connectivity index (χ3v) is 3.02. The monoisotopic (exact) mass is 310 g/mol. The van der Waals surface area contributed by atoms with Gasteiger partial charge in [0.1, 0.15) is 34.5 Å². The van der Waals surface area contributed by atoms with Gasteiger partial charge in [0.05, 0.1) is 5.56 Å². The molecule has 0 atom stereocenters. The molecule has 2 radical (unpaired) electrons. The fourth-order valence-corrected chi connectivity index (χ4v) is 2.06. The number of hydrogen-bond acceptors (Lipinski definition) is 5. The van der Waals surface area contributed by atoms with E-state index in [-0.39, 0.29) is 71.5 Å². The van der Waals surface area contributed by atoms with Gasteiger partial charge in [0.15, 0.2) is 0 Å². The molecule has 0 spiro atoms. The van der Waals surface area contributed by atoms with E-state index in [2.05, 4.69) is 0 Å². The molecule has 3 rings (SSSR count). The topological polar surface area (TPSA) is 90.9 Å². The number of phenols is 3. The quantitative estimate of drug-likeness (QED) is 0.599. The Morgan fingerprint density at radius 3 is 2.24 bits per heavy atom. The minimum atomic E-state index is -0.408. The first-order chi connectivity index (χ1) is 9.56. The number of phenolic OH excluding ortho intramolecular Hbond substituents is 3. The van der Waals surface area contributed by atoms with E-state index in [4.69, 9.17) is 4.42 Å². The van der Waals surface area contributed by atoms with Gasteiger partial charge in [-0.15, -0.1) is 0 Å². The molecular formula is C15H10CaO5. The van der Waals surface area contributed by atoms with E-state index in [1.165, 1.54) is 24.5 Å². The standard InChI is InChI=1S/C15H10O5.Ca/c16-9-3-1-8(2-4-9)11-7-20-13-6-10(17)5-12(18)14(13)15(11)19;/h1-7,16-18H;. The summed E-state index contributed by atoms with van der Waals surface area (Å²) in [6.45, 7) is 0. The van der Waals surface area contributed by atoms with Crippen molar-refractivity contribution < 1.29 is 19.7 Å². The summed E-state index contributed by atoms with van der Waals surface area (Å²) in [6.07, 6.45) is 1.26. The second kappa shape index (κ2) is 5.97. The minimum absolute atomic E-state index is 0. The largest absolute Gasteiger partial charge is 0.508 e. The van der Waals surface area contributed by atoms with Gasteiger partial charge in [-0.05, 0) is 17.7 Å². The minimum Gasteiger partial charge on any atom is -0.508 e. The Labute approximate surface area is 149 Å². The van der Waals surface area contributed by atoms with E-state index < -0.39 is 5.43 Å². The number of aromatic hydroxyl groups is 3. The molecule has 0 amide bonds. The zero-order chi connectivity index (χ0) is 14.3. The van der Waals surface area contributed by atoms with Gasteiger partial charge in [-0.25, -0.2) is 0 Å². The Bertz CT molecular complexity index is 852. The maximum atomic E-state index is 12.4. The fourth-order valence-electron chi connectivity index (χ4n) is 2.06. The molecule has 0 fully saturated rings. The second-order valence-corrected chi connectivity index (χ2v) is 4.36. The van der Waals surface area contributed by atoms with Crippen LogP contribution in [0, 0.1) is 0 Å². The van der Waals surface area contributed by atoms with Crippen molar-refractivity contribution in [3.05, 3.63) is 52.9 Å². The normalized spacial score (nSPS) is 10.3. The summed E-state index contributed by atoms with van der Waals surface area (Å²) in [6, 6.07) is 8.40. The summed E-state index contributed by atoms with van der Waals surface area (Å²) in [5.41, 5.74) is 0.522. The molecule has 102 valence electrons. The van der Waals surface area contributed by atoms with Crippen LogP contribution in [0.5, 0.6) is 17.2 Å². The molecule has 0 saturated carbocycles. The van der Waals surface area contributed by atoms with Crippen molar-refractivity contribution in [1.29, 1.82) is 0 Å². The first-order valence-electron chi connectivity index (χ1n) is 5.83. The Kier molecular flexibility index (Phi) is 4.46. The van der Waals surface area contributed by atoms with Crippen molar-refractivity contribution in [3.8, 4) is 28.4 Å².